The normalized spacial score (nSPS) is 37.9. The lowest BCUT2D eigenvalue weighted by Crippen LogP contribution is -2.12. The zero-order chi connectivity index (χ0) is 10.1. The molecular weight excluding hydrogens is 172 g/mol. The van der Waals surface area contributed by atoms with Gasteiger partial charge >= 0.3 is 0 Å². The van der Waals surface area contributed by atoms with Crippen LogP contribution in [-0.2, 0) is 4.79 Å². The first-order chi connectivity index (χ1) is 6.72. The van der Waals surface area contributed by atoms with Gasteiger partial charge in [0, 0.05) is 5.92 Å². The Balaban J connectivity index is 2.19. The Bertz CT molecular complexity index is 277. The molecule has 0 aromatic rings. The molecule has 0 aromatic carbocycles. The minimum absolute atomic E-state index is 0.247. The molecule has 2 aliphatic rings. The van der Waals surface area contributed by atoms with Crippen LogP contribution in [0.5, 0.6) is 0 Å². The molecule has 0 N–H and O–H groups in total. The first-order valence-corrected chi connectivity index (χ1v) is 5.53. The molecule has 2 saturated carbocycles. The van der Waals surface area contributed by atoms with Crippen LogP contribution in [0.3, 0.4) is 0 Å². The van der Waals surface area contributed by atoms with E-state index in [9.17, 15) is 4.79 Å². The fourth-order valence-corrected chi connectivity index (χ4v) is 2.96. The van der Waals surface area contributed by atoms with Crippen molar-refractivity contribution in [2.75, 3.05) is 0 Å². The number of aldehydes is 1. The average Bonchev–Trinajstić information content (AvgIpc) is 2.45. The van der Waals surface area contributed by atoms with Crippen LogP contribution in [0.25, 0.3) is 0 Å². The highest BCUT2D eigenvalue weighted by atomic mass is 16.1. The second-order valence-corrected chi connectivity index (χ2v) is 4.74. The minimum atomic E-state index is 0.247. The van der Waals surface area contributed by atoms with Gasteiger partial charge in [-0.15, -0.1) is 0 Å². The second kappa shape index (κ2) is 3.72. The van der Waals surface area contributed by atoms with E-state index in [0.29, 0.717) is 11.8 Å². The topological polar surface area (TPSA) is 17.1 Å². The number of carbonyl (C=O) groups excluding carboxylic acids is 1. The lowest BCUT2D eigenvalue weighted by Gasteiger charge is -2.19. The van der Waals surface area contributed by atoms with Gasteiger partial charge in [0.2, 0.25) is 0 Å². The Morgan fingerprint density at radius 1 is 1.07 bits per heavy atom. The van der Waals surface area contributed by atoms with Crippen LogP contribution in [0.15, 0.2) is 24.3 Å². The van der Waals surface area contributed by atoms with Crippen LogP contribution in [-0.4, -0.2) is 6.29 Å². The molecule has 1 heteroatoms. The molecule has 0 spiro atoms. The van der Waals surface area contributed by atoms with Gasteiger partial charge in [0.05, 0.1) is 0 Å². The summed E-state index contributed by atoms with van der Waals surface area (Å²) in [6.07, 6.45) is 6.54. The van der Waals surface area contributed by atoms with Gasteiger partial charge in [-0.3, -0.25) is 0 Å². The standard InChI is InChI=1S/C13H18O/c1-9-3-5-11(8-14)7-13-10(2)4-6-12(9)13/h8,11-13H,1-7H2/t11-,12-,13-/m0/s1. The monoisotopic (exact) mass is 190 g/mol. The zero-order valence-corrected chi connectivity index (χ0v) is 8.67. The van der Waals surface area contributed by atoms with Gasteiger partial charge in [-0.25, -0.2) is 0 Å². The van der Waals surface area contributed by atoms with E-state index in [4.69, 9.17) is 0 Å². The second-order valence-electron chi connectivity index (χ2n) is 4.74. The number of rotatable bonds is 1. The summed E-state index contributed by atoms with van der Waals surface area (Å²) in [5.74, 6) is 1.43. The molecule has 0 heterocycles. The third kappa shape index (κ3) is 1.56. The molecule has 0 aromatic heterocycles. The van der Waals surface area contributed by atoms with E-state index in [1.54, 1.807) is 0 Å². The molecule has 0 radical (unpaired) electrons. The van der Waals surface area contributed by atoms with Crippen molar-refractivity contribution in [1.82, 2.24) is 0 Å². The fraction of sp³-hybridized carbons (Fsp3) is 0.615. The number of allylic oxidation sites excluding steroid dienone is 2. The van der Waals surface area contributed by atoms with Crippen LogP contribution in [0.1, 0.15) is 32.1 Å². The van der Waals surface area contributed by atoms with Crippen molar-refractivity contribution in [3.05, 3.63) is 24.3 Å². The molecule has 0 bridgehead atoms. The van der Waals surface area contributed by atoms with Crippen LogP contribution < -0.4 is 0 Å². The summed E-state index contributed by atoms with van der Waals surface area (Å²) in [5, 5.41) is 0. The number of carbonyl (C=O) groups is 1. The van der Waals surface area contributed by atoms with Crippen molar-refractivity contribution in [2.24, 2.45) is 17.8 Å². The molecule has 76 valence electrons. The van der Waals surface area contributed by atoms with E-state index in [2.05, 4.69) is 13.2 Å². The maximum atomic E-state index is 10.9. The van der Waals surface area contributed by atoms with Crippen molar-refractivity contribution >= 4 is 6.29 Å². The van der Waals surface area contributed by atoms with Crippen molar-refractivity contribution < 1.29 is 4.79 Å². The van der Waals surface area contributed by atoms with Crippen molar-refractivity contribution in [3.8, 4) is 0 Å². The Morgan fingerprint density at radius 2 is 1.71 bits per heavy atom. The van der Waals surface area contributed by atoms with Gasteiger partial charge in [-0.1, -0.05) is 24.3 Å². The molecule has 2 aliphatic carbocycles. The Kier molecular flexibility index (Phi) is 2.58. The maximum Gasteiger partial charge on any atom is 0.123 e. The quantitative estimate of drug-likeness (QED) is 0.458. The molecule has 1 nitrogen and oxygen atoms in total. The first kappa shape index (κ1) is 9.70. The molecule has 14 heavy (non-hydrogen) atoms. The minimum Gasteiger partial charge on any atom is -0.303 e. The Morgan fingerprint density at radius 3 is 2.43 bits per heavy atom. The first-order valence-electron chi connectivity index (χ1n) is 5.53. The lowest BCUT2D eigenvalue weighted by atomic mass is 9.85. The van der Waals surface area contributed by atoms with Crippen molar-refractivity contribution in [2.45, 2.75) is 32.1 Å². The third-order valence-corrected chi connectivity index (χ3v) is 3.90. The van der Waals surface area contributed by atoms with Gasteiger partial charge < -0.3 is 4.79 Å². The number of hydrogen-bond donors (Lipinski definition) is 0. The predicted molar refractivity (Wildman–Crippen MR) is 57.9 cm³/mol. The Hall–Kier alpha value is -0.850. The Labute approximate surface area is 85.9 Å². The summed E-state index contributed by atoms with van der Waals surface area (Å²) in [6, 6.07) is 0. The van der Waals surface area contributed by atoms with Crippen LogP contribution in [0, 0.1) is 17.8 Å². The largest absolute Gasteiger partial charge is 0.303 e. The summed E-state index contributed by atoms with van der Waals surface area (Å²) < 4.78 is 0. The van der Waals surface area contributed by atoms with Gasteiger partial charge in [-0.2, -0.15) is 0 Å². The lowest BCUT2D eigenvalue weighted by molar-refractivity contribution is -0.111. The van der Waals surface area contributed by atoms with E-state index < -0.39 is 0 Å². The van der Waals surface area contributed by atoms with E-state index in [1.165, 1.54) is 17.6 Å². The summed E-state index contributed by atoms with van der Waals surface area (Å²) in [6.45, 7) is 8.29. The van der Waals surface area contributed by atoms with Crippen LogP contribution in [0.2, 0.25) is 0 Å². The van der Waals surface area contributed by atoms with Gasteiger partial charge in [0.1, 0.15) is 6.29 Å². The van der Waals surface area contributed by atoms with Crippen molar-refractivity contribution in [1.29, 1.82) is 0 Å². The van der Waals surface area contributed by atoms with Crippen molar-refractivity contribution in [3.63, 3.8) is 0 Å². The molecule has 0 unspecified atom stereocenters. The number of fused-ring (bicyclic) bond motifs is 1. The van der Waals surface area contributed by atoms with E-state index in [-0.39, 0.29) is 5.92 Å². The van der Waals surface area contributed by atoms with E-state index in [0.717, 1.165) is 32.0 Å². The summed E-state index contributed by atoms with van der Waals surface area (Å²) in [5.41, 5.74) is 2.71. The van der Waals surface area contributed by atoms with Gasteiger partial charge in [0.25, 0.3) is 0 Å². The SMILES string of the molecule is C=C1CC[C@H](C=O)C[C@H]2C(=C)CC[C@@H]12. The molecule has 2 rings (SSSR count). The predicted octanol–water partition coefficient (Wildman–Crippen LogP) is 3.12. The number of hydrogen-bond acceptors (Lipinski definition) is 1. The van der Waals surface area contributed by atoms with Crippen LogP contribution in [0.4, 0.5) is 0 Å². The van der Waals surface area contributed by atoms with Gasteiger partial charge in [0.15, 0.2) is 0 Å². The molecule has 0 aliphatic heterocycles. The highest BCUT2D eigenvalue weighted by molar-refractivity contribution is 5.54. The molecule has 0 amide bonds. The highest BCUT2D eigenvalue weighted by Gasteiger charge is 2.35. The maximum absolute atomic E-state index is 10.9. The molecule has 0 saturated heterocycles. The van der Waals surface area contributed by atoms with E-state index >= 15 is 0 Å². The zero-order valence-electron chi connectivity index (χ0n) is 8.67. The summed E-state index contributed by atoms with van der Waals surface area (Å²) in [4.78, 5) is 10.9. The summed E-state index contributed by atoms with van der Waals surface area (Å²) >= 11 is 0. The average molecular weight is 190 g/mol. The summed E-state index contributed by atoms with van der Waals surface area (Å²) in [7, 11) is 0. The van der Waals surface area contributed by atoms with Crippen LogP contribution >= 0.6 is 0 Å². The molecule has 3 atom stereocenters. The fourth-order valence-electron chi connectivity index (χ4n) is 2.96. The molecule has 2 fully saturated rings. The van der Waals surface area contributed by atoms with Gasteiger partial charge in [-0.05, 0) is 43.9 Å². The molecular formula is C13H18O. The highest BCUT2D eigenvalue weighted by Crippen LogP contribution is 2.46. The smallest absolute Gasteiger partial charge is 0.123 e. The van der Waals surface area contributed by atoms with E-state index in [1.807, 2.05) is 0 Å². The third-order valence-electron chi connectivity index (χ3n) is 3.90.